The fraction of sp³-hybridized carbons (Fsp3) is 0.571. The zero-order chi connectivity index (χ0) is 12.8. The van der Waals surface area contributed by atoms with E-state index < -0.39 is 0 Å². The second-order valence-electron chi connectivity index (χ2n) is 6.01. The van der Waals surface area contributed by atoms with Gasteiger partial charge in [0, 0.05) is 21.5 Å². The first-order valence-electron chi connectivity index (χ1n) is 5.94. The number of hydrogen-bond acceptors (Lipinski definition) is 1. The lowest BCUT2D eigenvalue weighted by molar-refractivity contribution is 0.457. The number of halogens is 2. The average Bonchev–Trinajstić information content (AvgIpc) is 2.61. The van der Waals surface area contributed by atoms with Crippen molar-refractivity contribution >= 4 is 31.9 Å². The molecule has 0 amide bonds. The molecule has 3 heteroatoms. The van der Waals surface area contributed by atoms with Crippen molar-refractivity contribution in [3.8, 4) is 0 Å². The minimum absolute atomic E-state index is 0.402. The molecule has 0 atom stereocenters. The Morgan fingerprint density at radius 1 is 1.06 bits per heavy atom. The predicted molar refractivity (Wildman–Crippen MR) is 80.0 cm³/mol. The summed E-state index contributed by atoms with van der Waals surface area (Å²) < 4.78 is 2.22. The van der Waals surface area contributed by atoms with Crippen LogP contribution in [0.1, 0.15) is 33.3 Å². The lowest BCUT2D eigenvalue weighted by Gasteiger charge is -2.07. The van der Waals surface area contributed by atoms with Crippen molar-refractivity contribution in [1.29, 1.82) is 0 Å². The Morgan fingerprint density at radius 3 is 2.12 bits per heavy atom. The highest BCUT2D eigenvalue weighted by Crippen LogP contribution is 2.62. The van der Waals surface area contributed by atoms with Crippen LogP contribution >= 0.6 is 31.9 Å². The molecule has 0 aliphatic heterocycles. The smallest absolute Gasteiger partial charge is 0.0320 e. The number of nitrogens with one attached hydrogen (secondary N) is 1. The standard InChI is InChI=1S/C14H19Br2N/c1-13(2)12(14(13,3)4)17-8-9-5-6-10(15)11(16)7-9/h5-7,12,17H,8H2,1-4H3. The maximum absolute atomic E-state index is 3.66. The Morgan fingerprint density at radius 2 is 1.65 bits per heavy atom. The molecule has 1 saturated carbocycles. The van der Waals surface area contributed by atoms with Crippen molar-refractivity contribution in [2.45, 2.75) is 40.3 Å². The van der Waals surface area contributed by atoms with E-state index in [1.807, 2.05) is 0 Å². The molecule has 1 aromatic carbocycles. The number of hydrogen-bond donors (Lipinski definition) is 1. The van der Waals surface area contributed by atoms with E-state index in [1.165, 1.54) is 5.56 Å². The molecule has 0 unspecified atom stereocenters. The molecule has 2 rings (SSSR count). The average molecular weight is 361 g/mol. The minimum Gasteiger partial charge on any atom is -0.309 e. The summed E-state index contributed by atoms with van der Waals surface area (Å²) in [6, 6.07) is 7.02. The molecule has 1 aliphatic carbocycles. The van der Waals surface area contributed by atoms with E-state index in [0.717, 1.165) is 15.5 Å². The van der Waals surface area contributed by atoms with Gasteiger partial charge in [-0.3, -0.25) is 0 Å². The van der Waals surface area contributed by atoms with Crippen molar-refractivity contribution in [1.82, 2.24) is 5.32 Å². The van der Waals surface area contributed by atoms with Gasteiger partial charge in [-0.15, -0.1) is 0 Å². The second-order valence-corrected chi connectivity index (χ2v) is 7.71. The molecule has 0 saturated heterocycles. The van der Waals surface area contributed by atoms with Crippen LogP contribution in [0, 0.1) is 10.8 Å². The van der Waals surface area contributed by atoms with Gasteiger partial charge in [-0.1, -0.05) is 33.8 Å². The van der Waals surface area contributed by atoms with E-state index >= 15 is 0 Å². The van der Waals surface area contributed by atoms with Gasteiger partial charge in [-0.25, -0.2) is 0 Å². The molecule has 0 radical (unpaired) electrons. The molecular weight excluding hydrogens is 342 g/mol. The van der Waals surface area contributed by atoms with Gasteiger partial charge in [-0.05, 0) is 60.4 Å². The topological polar surface area (TPSA) is 12.0 Å². The summed E-state index contributed by atoms with van der Waals surface area (Å²) >= 11 is 7.03. The summed E-state index contributed by atoms with van der Waals surface area (Å²) in [6.45, 7) is 10.3. The molecule has 1 fully saturated rings. The Kier molecular flexibility index (Phi) is 3.48. The van der Waals surface area contributed by atoms with Gasteiger partial charge in [0.1, 0.15) is 0 Å². The van der Waals surface area contributed by atoms with Gasteiger partial charge in [0.05, 0.1) is 0 Å². The first-order chi connectivity index (χ1) is 7.76. The number of benzene rings is 1. The molecule has 1 aromatic rings. The summed E-state index contributed by atoms with van der Waals surface area (Å²) in [5, 5.41) is 3.66. The van der Waals surface area contributed by atoms with Crippen LogP contribution < -0.4 is 5.32 Å². The van der Waals surface area contributed by atoms with Gasteiger partial charge in [0.15, 0.2) is 0 Å². The van der Waals surface area contributed by atoms with Gasteiger partial charge >= 0.3 is 0 Å². The molecular formula is C14H19Br2N. The van der Waals surface area contributed by atoms with Crippen molar-refractivity contribution in [2.75, 3.05) is 0 Å². The van der Waals surface area contributed by atoms with Gasteiger partial charge in [-0.2, -0.15) is 0 Å². The maximum Gasteiger partial charge on any atom is 0.0320 e. The van der Waals surface area contributed by atoms with Crippen LogP contribution in [0.3, 0.4) is 0 Å². The van der Waals surface area contributed by atoms with Crippen LogP contribution in [0.15, 0.2) is 27.1 Å². The van der Waals surface area contributed by atoms with E-state index in [-0.39, 0.29) is 0 Å². The lowest BCUT2D eigenvalue weighted by Crippen LogP contribution is -2.21. The largest absolute Gasteiger partial charge is 0.309 e. The van der Waals surface area contributed by atoms with Crippen LogP contribution in [0.4, 0.5) is 0 Å². The summed E-state index contributed by atoms with van der Waals surface area (Å²) in [5.41, 5.74) is 2.12. The van der Waals surface area contributed by atoms with Crippen LogP contribution in [0.2, 0.25) is 0 Å². The molecule has 0 heterocycles. The van der Waals surface area contributed by atoms with Crippen molar-refractivity contribution in [3.05, 3.63) is 32.7 Å². The van der Waals surface area contributed by atoms with Crippen molar-refractivity contribution in [3.63, 3.8) is 0 Å². The Labute approximate surface area is 121 Å². The molecule has 1 N–H and O–H groups in total. The summed E-state index contributed by atoms with van der Waals surface area (Å²) in [5.74, 6) is 0. The van der Waals surface area contributed by atoms with Gasteiger partial charge in [0.25, 0.3) is 0 Å². The molecule has 0 aromatic heterocycles. The first kappa shape index (κ1) is 13.6. The van der Waals surface area contributed by atoms with E-state index in [9.17, 15) is 0 Å². The minimum atomic E-state index is 0.402. The summed E-state index contributed by atoms with van der Waals surface area (Å²) in [4.78, 5) is 0. The lowest BCUT2D eigenvalue weighted by atomic mass is 10.0. The van der Waals surface area contributed by atoms with Gasteiger partial charge < -0.3 is 5.32 Å². The van der Waals surface area contributed by atoms with Crippen LogP contribution in [-0.4, -0.2) is 6.04 Å². The number of rotatable bonds is 3. The predicted octanol–water partition coefficient (Wildman–Crippen LogP) is 4.74. The van der Waals surface area contributed by atoms with Crippen molar-refractivity contribution < 1.29 is 0 Å². The van der Waals surface area contributed by atoms with Crippen LogP contribution in [0.25, 0.3) is 0 Å². The fourth-order valence-corrected chi connectivity index (χ4v) is 3.25. The molecule has 0 spiro atoms. The SMILES string of the molecule is CC1(C)C(NCc2ccc(Br)c(Br)c2)C1(C)C. The van der Waals surface area contributed by atoms with Gasteiger partial charge in [0.2, 0.25) is 0 Å². The maximum atomic E-state index is 3.66. The molecule has 17 heavy (non-hydrogen) atoms. The monoisotopic (exact) mass is 359 g/mol. The fourth-order valence-electron chi connectivity index (χ4n) is 2.58. The molecule has 94 valence electrons. The zero-order valence-electron chi connectivity index (χ0n) is 10.8. The normalized spacial score (nSPS) is 21.5. The molecule has 1 nitrogen and oxygen atoms in total. The molecule has 0 bridgehead atoms. The third kappa shape index (κ3) is 2.34. The highest BCUT2D eigenvalue weighted by molar-refractivity contribution is 9.13. The molecule has 1 aliphatic rings. The quantitative estimate of drug-likeness (QED) is 0.821. The van der Waals surface area contributed by atoms with E-state index in [2.05, 4.69) is 83.1 Å². The van der Waals surface area contributed by atoms with E-state index in [1.54, 1.807) is 0 Å². The Hall–Kier alpha value is 0.140. The van der Waals surface area contributed by atoms with E-state index in [4.69, 9.17) is 0 Å². The summed E-state index contributed by atoms with van der Waals surface area (Å²) in [7, 11) is 0. The third-order valence-electron chi connectivity index (χ3n) is 4.52. The van der Waals surface area contributed by atoms with E-state index in [0.29, 0.717) is 16.9 Å². The van der Waals surface area contributed by atoms with Crippen LogP contribution in [0.5, 0.6) is 0 Å². The van der Waals surface area contributed by atoms with Crippen LogP contribution in [-0.2, 0) is 6.54 Å². The Bertz CT molecular complexity index is 424. The Balaban J connectivity index is 1.98. The second kappa shape index (κ2) is 4.36. The summed E-state index contributed by atoms with van der Waals surface area (Å²) in [6.07, 6.45) is 0. The highest BCUT2D eigenvalue weighted by atomic mass is 79.9. The van der Waals surface area contributed by atoms with Crippen molar-refractivity contribution in [2.24, 2.45) is 10.8 Å². The zero-order valence-corrected chi connectivity index (χ0v) is 13.9. The first-order valence-corrected chi connectivity index (χ1v) is 7.53. The highest BCUT2D eigenvalue weighted by Gasteiger charge is 2.64. The third-order valence-corrected chi connectivity index (χ3v) is 6.39.